The van der Waals surface area contributed by atoms with Crippen molar-refractivity contribution in [3.05, 3.63) is 82.4 Å². The second kappa shape index (κ2) is 10.9. The summed E-state index contributed by atoms with van der Waals surface area (Å²) in [5, 5.41) is 22.9. The molecule has 0 atom stereocenters. The molecule has 4 aromatic rings. The Morgan fingerprint density at radius 1 is 0.943 bits per heavy atom. The maximum Gasteiger partial charge on any atom is 0.355 e. The molecule has 0 aliphatic heterocycles. The fourth-order valence-electron chi connectivity index (χ4n) is 4.26. The van der Waals surface area contributed by atoms with E-state index in [0.717, 1.165) is 25.7 Å². The number of para-hydroxylation sites is 1. The van der Waals surface area contributed by atoms with Gasteiger partial charge in [-0.1, -0.05) is 61.4 Å². The Balaban J connectivity index is 1.99. The van der Waals surface area contributed by atoms with E-state index in [9.17, 15) is 14.7 Å². The molecule has 0 aliphatic carbocycles. The Morgan fingerprint density at radius 2 is 1.60 bits per heavy atom. The highest BCUT2D eigenvalue weighted by Crippen LogP contribution is 2.36. The zero-order chi connectivity index (χ0) is 24.8. The van der Waals surface area contributed by atoms with E-state index in [1.165, 1.54) is 4.57 Å². The molecule has 2 heterocycles. The Kier molecular flexibility index (Phi) is 7.52. The van der Waals surface area contributed by atoms with E-state index in [0.29, 0.717) is 45.9 Å². The lowest BCUT2D eigenvalue weighted by Gasteiger charge is -2.19. The van der Waals surface area contributed by atoms with Crippen molar-refractivity contribution in [2.75, 3.05) is 18.5 Å². The van der Waals surface area contributed by atoms with Gasteiger partial charge in [-0.25, -0.2) is 19.1 Å². The number of aromatic carboxylic acids is 1. The van der Waals surface area contributed by atoms with Crippen molar-refractivity contribution in [1.82, 2.24) is 14.5 Å². The largest absolute Gasteiger partial charge is 0.478 e. The predicted molar refractivity (Wildman–Crippen MR) is 136 cm³/mol. The predicted octanol–water partition coefficient (Wildman–Crippen LogP) is 4.42. The molecule has 0 fully saturated rings. The minimum atomic E-state index is -1.09. The molecule has 0 radical (unpaired) electrons. The van der Waals surface area contributed by atoms with Gasteiger partial charge in [-0.05, 0) is 37.5 Å². The summed E-state index contributed by atoms with van der Waals surface area (Å²) >= 11 is 0. The second-order valence-corrected chi connectivity index (χ2v) is 8.30. The molecule has 0 spiro atoms. The molecule has 0 saturated heterocycles. The number of unbranched alkanes of at least 4 members (excludes halogenated alkanes) is 3. The average molecular weight is 473 g/mol. The summed E-state index contributed by atoms with van der Waals surface area (Å²) in [4.78, 5) is 34.6. The van der Waals surface area contributed by atoms with Crippen molar-refractivity contribution in [2.45, 2.75) is 32.6 Å². The Labute approximate surface area is 202 Å². The molecule has 0 saturated carbocycles. The number of carboxylic acids is 1. The Bertz CT molecular complexity index is 1390. The summed E-state index contributed by atoms with van der Waals surface area (Å²) in [6.07, 6.45) is 3.38. The average Bonchev–Trinajstić information content (AvgIpc) is 2.86. The van der Waals surface area contributed by atoms with Crippen LogP contribution >= 0.6 is 0 Å². The summed E-state index contributed by atoms with van der Waals surface area (Å²) in [7, 11) is 0. The van der Waals surface area contributed by atoms with Gasteiger partial charge in [-0.15, -0.1) is 0 Å². The van der Waals surface area contributed by atoms with E-state index in [1.807, 2.05) is 48.5 Å². The molecule has 180 valence electrons. The van der Waals surface area contributed by atoms with Gasteiger partial charge in [-0.3, -0.25) is 0 Å². The van der Waals surface area contributed by atoms with Crippen LogP contribution in [0.2, 0.25) is 0 Å². The van der Waals surface area contributed by atoms with Crippen molar-refractivity contribution >= 4 is 22.8 Å². The zero-order valence-corrected chi connectivity index (χ0v) is 19.6. The molecule has 0 bridgehead atoms. The number of aliphatic hydroxyl groups excluding tert-OH is 1. The molecule has 0 unspecified atom stereocenters. The minimum Gasteiger partial charge on any atom is -0.478 e. The van der Waals surface area contributed by atoms with E-state index in [1.54, 1.807) is 19.1 Å². The lowest BCUT2D eigenvalue weighted by Crippen LogP contribution is -2.25. The topological polar surface area (TPSA) is 117 Å². The lowest BCUT2D eigenvalue weighted by molar-refractivity contribution is 0.0696. The molecule has 8 heteroatoms. The number of benzene rings is 2. The fourth-order valence-corrected chi connectivity index (χ4v) is 4.26. The van der Waals surface area contributed by atoms with Crippen molar-refractivity contribution in [2.24, 2.45) is 0 Å². The summed E-state index contributed by atoms with van der Waals surface area (Å²) < 4.78 is 1.42. The monoisotopic (exact) mass is 472 g/mol. The highest BCUT2D eigenvalue weighted by atomic mass is 16.4. The molecule has 8 nitrogen and oxygen atoms in total. The van der Waals surface area contributed by atoms with Crippen molar-refractivity contribution in [3.63, 3.8) is 0 Å². The lowest BCUT2D eigenvalue weighted by atomic mass is 9.95. The fraction of sp³-hybridized carbons (Fsp3) is 0.259. The highest BCUT2D eigenvalue weighted by Gasteiger charge is 2.25. The number of anilines is 1. The van der Waals surface area contributed by atoms with Gasteiger partial charge >= 0.3 is 11.7 Å². The highest BCUT2D eigenvalue weighted by molar-refractivity contribution is 6.10. The number of nitrogens with one attached hydrogen (secondary N) is 1. The second-order valence-electron chi connectivity index (χ2n) is 8.30. The van der Waals surface area contributed by atoms with E-state index in [4.69, 9.17) is 5.11 Å². The van der Waals surface area contributed by atoms with Gasteiger partial charge in [0.15, 0.2) is 5.65 Å². The number of nitrogens with zero attached hydrogens (tertiary/aromatic N) is 3. The molecular weight excluding hydrogens is 444 g/mol. The summed E-state index contributed by atoms with van der Waals surface area (Å²) in [6.45, 7) is 2.36. The number of aromatic nitrogens is 3. The smallest absolute Gasteiger partial charge is 0.355 e. The van der Waals surface area contributed by atoms with Gasteiger partial charge in [0.1, 0.15) is 5.82 Å². The van der Waals surface area contributed by atoms with Crippen molar-refractivity contribution < 1.29 is 15.0 Å². The zero-order valence-electron chi connectivity index (χ0n) is 19.6. The maximum atomic E-state index is 13.2. The number of rotatable bonds is 10. The number of hydrogen-bond donors (Lipinski definition) is 3. The summed E-state index contributed by atoms with van der Waals surface area (Å²) in [6, 6.07) is 18.3. The normalized spacial score (nSPS) is 11.0. The van der Waals surface area contributed by atoms with Crippen LogP contribution in [0.3, 0.4) is 0 Å². The van der Waals surface area contributed by atoms with Crippen LogP contribution in [0.4, 0.5) is 5.82 Å². The van der Waals surface area contributed by atoms with Gasteiger partial charge in [0.25, 0.3) is 0 Å². The van der Waals surface area contributed by atoms with Gasteiger partial charge in [0, 0.05) is 18.7 Å². The molecule has 2 aromatic heterocycles. The van der Waals surface area contributed by atoms with Gasteiger partial charge in [-0.2, -0.15) is 4.98 Å². The number of hydrogen-bond acceptors (Lipinski definition) is 6. The van der Waals surface area contributed by atoms with E-state index in [-0.39, 0.29) is 12.2 Å². The van der Waals surface area contributed by atoms with E-state index >= 15 is 0 Å². The first-order valence-corrected chi connectivity index (χ1v) is 11.7. The Hall–Kier alpha value is -4.04. The van der Waals surface area contributed by atoms with Crippen molar-refractivity contribution in [3.8, 4) is 16.8 Å². The molecule has 0 aliphatic rings. The number of pyridine rings is 1. The van der Waals surface area contributed by atoms with Crippen LogP contribution in [-0.2, 0) is 0 Å². The Morgan fingerprint density at radius 3 is 2.26 bits per heavy atom. The molecular formula is C27H28N4O4. The first-order chi connectivity index (χ1) is 17.0. The maximum absolute atomic E-state index is 13.2. The van der Waals surface area contributed by atoms with Gasteiger partial charge in [0.2, 0.25) is 0 Å². The van der Waals surface area contributed by atoms with E-state index in [2.05, 4.69) is 15.3 Å². The van der Waals surface area contributed by atoms with Crippen LogP contribution in [0.25, 0.3) is 27.8 Å². The van der Waals surface area contributed by atoms with Gasteiger partial charge < -0.3 is 15.5 Å². The van der Waals surface area contributed by atoms with Crippen LogP contribution < -0.4 is 11.0 Å². The van der Waals surface area contributed by atoms with Crippen LogP contribution in [0.5, 0.6) is 0 Å². The van der Waals surface area contributed by atoms with E-state index < -0.39 is 11.7 Å². The molecule has 4 rings (SSSR count). The van der Waals surface area contributed by atoms with Crippen molar-refractivity contribution in [1.29, 1.82) is 0 Å². The van der Waals surface area contributed by atoms with Crippen LogP contribution in [0, 0.1) is 6.92 Å². The molecule has 35 heavy (non-hydrogen) atoms. The van der Waals surface area contributed by atoms with Crippen LogP contribution in [0.1, 0.15) is 41.7 Å². The third kappa shape index (κ3) is 5.07. The first-order valence-electron chi connectivity index (χ1n) is 11.7. The third-order valence-electron chi connectivity index (χ3n) is 5.87. The van der Waals surface area contributed by atoms with Crippen LogP contribution in [0.15, 0.2) is 65.5 Å². The van der Waals surface area contributed by atoms with Gasteiger partial charge in [0.05, 0.1) is 22.3 Å². The summed E-state index contributed by atoms with van der Waals surface area (Å²) in [5.41, 5.74) is 2.01. The van der Waals surface area contributed by atoms with Crippen LogP contribution in [-0.4, -0.2) is 43.9 Å². The SMILES string of the molecule is Cc1nc2c(c(NCCCCCCO)nc(=O)n2-c2ccccc2)c(-c2ccccc2)c1C(=O)O. The number of carboxylic acid groups (broad SMARTS) is 1. The quantitative estimate of drug-likeness (QED) is 0.293. The minimum absolute atomic E-state index is 0.0785. The number of carbonyl (C=O) groups is 1. The number of aliphatic hydroxyl groups is 1. The standard InChI is InChI=1S/C27H28N4O4/c1-18-21(26(33)34)22(19-12-6-4-7-13-19)23-24(28-16-10-2-3-11-17-32)30-27(35)31(25(23)29-18)20-14-8-5-9-15-20/h4-9,12-15,32H,2-3,10-11,16-17H2,1H3,(H,33,34)(H,28,30,35). The number of aryl methyl sites for hydroxylation is 1. The molecule has 2 aromatic carbocycles. The first kappa shape index (κ1) is 24.1. The molecule has 0 amide bonds. The summed E-state index contributed by atoms with van der Waals surface area (Å²) in [5.74, 6) is -0.781. The number of fused-ring (bicyclic) bond motifs is 1. The third-order valence-corrected chi connectivity index (χ3v) is 5.87. The molecule has 3 N–H and O–H groups in total.